The van der Waals surface area contributed by atoms with Crippen molar-refractivity contribution < 1.29 is 9.53 Å². The topological polar surface area (TPSA) is 29.5 Å². The normalized spacial score (nSPS) is 24.3. The lowest BCUT2D eigenvalue weighted by molar-refractivity contribution is -0.160. The largest absolute Gasteiger partial charge is 0.462 e. The summed E-state index contributed by atoms with van der Waals surface area (Å²) < 4.78 is 5.98. The lowest BCUT2D eigenvalue weighted by Gasteiger charge is -2.36. The van der Waals surface area contributed by atoms with Crippen molar-refractivity contribution in [2.75, 3.05) is 20.1 Å². The summed E-state index contributed by atoms with van der Waals surface area (Å²) in [6, 6.07) is 4.16. The van der Waals surface area contributed by atoms with Gasteiger partial charge in [-0.3, -0.25) is 4.79 Å². The molecule has 0 bridgehead atoms. The predicted molar refractivity (Wildman–Crippen MR) is 90.2 cm³/mol. The lowest BCUT2D eigenvalue weighted by atomic mass is 9.74. The highest BCUT2D eigenvalue weighted by Gasteiger charge is 2.46. The Labute approximate surface area is 137 Å². The predicted octanol–water partition coefficient (Wildman–Crippen LogP) is 3.83. The summed E-state index contributed by atoms with van der Waals surface area (Å²) in [5.74, 6) is 0.446. The van der Waals surface area contributed by atoms with Crippen molar-refractivity contribution in [1.82, 2.24) is 4.90 Å². The number of esters is 1. The maximum atomic E-state index is 13.1. The van der Waals surface area contributed by atoms with E-state index in [0.29, 0.717) is 5.92 Å². The Bertz CT molecular complexity index is 487. The monoisotopic (exact) mass is 321 g/mol. The fourth-order valence-corrected chi connectivity index (χ4v) is 4.88. The van der Waals surface area contributed by atoms with Crippen LogP contribution in [-0.4, -0.2) is 37.1 Å². The number of hydrogen-bond acceptors (Lipinski definition) is 4. The van der Waals surface area contributed by atoms with Crippen molar-refractivity contribution in [1.29, 1.82) is 0 Å². The Morgan fingerprint density at radius 1 is 1.27 bits per heavy atom. The van der Waals surface area contributed by atoms with Crippen molar-refractivity contribution in [3.05, 3.63) is 22.4 Å². The van der Waals surface area contributed by atoms with Gasteiger partial charge in [0.2, 0.25) is 0 Å². The Balaban J connectivity index is 1.75. The van der Waals surface area contributed by atoms with Crippen LogP contribution in [0.5, 0.6) is 0 Å². The number of thiophene rings is 1. The number of ether oxygens (including phenoxy) is 1. The van der Waals surface area contributed by atoms with E-state index in [2.05, 4.69) is 36.4 Å². The third-order valence-electron chi connectivity index (χ3n) is 5.57. The van der Waals surface area contributed by atoms with Crippen molar-refractivity contribution >= 4 is 17.3 Å². The molecule has 1 saturated carbocycles. The van der Waals surface area contributed by atoms with Crippen LogP contribution in [0, 0.1) is 5.92 Å². The van der Waals surface area contributed by atoms with Gasteiger partial charge in [0.15, 0.2) is 0 Å². The second-order valence-corrected chi connectivity index (χ2v) is 8.02. The molecule has 1 aliphatic carbocycles. The second-order valence-electron chi connectivity index (χ2n) is 7.07. The molecule has 122 valence electrons. The SMILES string of the molecule is CN1CCC(OC(=O)[C@](C)(c2cccs2)C2CCCC2)CC1. The number of carbonyl (C=O) groups excluding carboxylic acids is 1. The zero-order chi connectivity index (χ0) is 15.6. The van der Waals surface area contributed by atoms with Crippen LogP contribution in [0.25, 0.3) is 0 Å². The van der Waals surface area contributed by atoms with E-state index in [1.807, 2.05) is 0 Å². The third kappa shape index (κ3) is 3.09. The summed E-state index contributed by atoms with van der Waals surface area (Å²) >= 11 is 1.70. The molecule has 0 unspecified atom stereocenters. The van der Waals surface area contributed by atoms with Crippen LogP contribution in [0.15, 0.2) is 17.5 Å². The number of carbonyl (C=O) groups is 1. The Morgan fingerprint density at radius 3 is 2.55 bits per heavy atom. The van der Waals surface area contributed by atoms with Gasteiger partial charge in [-0.1, -0.05) is 18.9 Å². The molecule has 22 heavy (non-hydrogen) atoms. The molecule has 0 amide bonds. The van der Waals surface area contributed by atoms with Gasteiger partial charge in [-0.05, 0) is 57.0 Å². The van der Waals surface area contributed by atoms with Crippen molar-refractivity contribution in [2.24, 2.45) is 5.92 Å². The van der Waals surface area contributed by atoms with Gasteiger partial charge in [-0.25, -0.2) is 0 Å². The molecule has 0 aromatic carbocycles. The fraction of sp³-hybridized carbons (Fsp3) is 0.722. The van der Waals surface area contributed by atoms with Crippen LogP contribution in [0.2, 0.25) is 0 Å². The first-order valence-corrected chi connectivity index (χ1v) is 9.42. The number of likely N-dealkylation sites (tertiary alicyclic amines) is 1. The van der Waals surface area contributed by atoms with E-state index in [1.54, 1.807) is 11.3 Å². The van der Waals surface area contributed by atoms with E-state index in [-0.39, 0.29) is 12.1 Å². The van der Waals surface area contributed by atoms with Crippen LogP contribution in [0.3, 0.4) is 0 Å². The molecule has 3 nitrogen and oxygen atoms in total. The Kier molecular flexibility index (Phi) is 4.88. The molecule has 2 aliphatic rings. The molecule has 1 aromatic rings. The van der Waals surface area contributed by atoms with E-state index >= 15 is 0 Å². The fourth-order valence-electron chi connectivity index (χ4n) is 3.92. The number of hydrogen-bond donors (Lipinski definition) is 0. The van der Waals surface area contributed by atoms with Crippen molar-refractivity contribution in [3.8, 4) is 0 Å². The first-order chi connectivity index (χ1) is 10.6. The quantitative estimate of drug-likeness (QED) is 0.789. The smallest absolute Gasteiger partial charge is 0.317 e. The van der Waals surface area contributed by atoms with Crippen molar-refractivity contribution in [3.63, 3.8) is 0 Å². The zero-order valence-electron chi connectivity index (χ0n) is 13.7. The molecule has 0 spiro atoms. The number of nitrogens with zero attached hydrogens (tertiary/aromatic N) is 1. The molecular weight excluding hydrogens is 294 g/mol. The molecule has 1 saturated heterocycles. The van der Waals surface area contributed by atoms with Crippen LogP contribution < -0.4 is 0 Å². The lowest BCUT2D eigenvalue weighted by Crippen LogP contribution is -2.44. The van der Waals surface area contributed by atoms with Crippen LogP contribution >= 0.6 is 11.3 Å². The van der Waals surface area contributed by atoms with Crippen LogP contribution in [0.1, 0.15) is 50.3 Å². The van der Waals surface area contributed by atoms with Gasteiger partial charge >= 0.3 is 5.97 Å². The summed E-state index contributed by atoms with van der Waals surface area (Å²) in [6.07, 6.45) is 6.82. The number of piperidine rings is 1. The summed E-state index contributed by atoms with van der Waals surface area (Å²) in [6.45, 7) is 4.17. The summed E-state index contributed by atoms with van der Waals surface area (Å²) in [5, 5.41) is 2.07. The maximum Gasteiger partial charge on any atom is 0.317 e. The van der Waals surface area contributed by atoms with Gasteiger partial charge in [0.1, 0.15) is 11.5 Å². The van der Waals surface area contributed by atoms with Gasteiger partial charge in [0.25, 0.3) is 0 Å². The standard InChI is InChI=1S/C18H27NO2S/c1-18(14-6-3-4-7-14,16-8-5-13-22-16)17(20)21-15-9-11-19(2)12-10-15/h5,8,13-15H,3-4,6-7,9-12H2,1-2H3/t18-/m0/s1. The van der Waals surface area contributed by atoms with Crippen LogP contribution in [-0.2, 0) is 14.9 Å². The molecule has 0 radical (unpaired) electrons. The third-order valence-corrected chi connectivity index (χ3v) is 6.68. The van der Waals surface area contributed by atoms with Crippen molar-refractivity contribution in [2.45, 2.75) is 57.0 Å². The van der Waals surface area contributed by atoms with Crippen LogP contribution in [0.4, 0.5) is 0 Å². The molecule has 0 N–H and O–H groups in total. The average molecular weight is 321 g/mol. The first-order valence-electron chi connectivity index (χ1n) is 8.54. The second kappa shape index (κ2) is 6.71. The molecule has 1 aromatic heterocycles. The minimum atomic E-state index is -0.450. The minimum absolute atomic E-state index is 0.0106. The molecule has 4 heteroatoms. The van der Waals surface area contributed by atoms with E-state index in [1.165, 1.54) is 17.7 Å². The molecule has 1 atom stereocenters. The zero-order valence-corrected chi connectivity index (χ0v) is 14.5. The molecular formula is C18H27NO2S. The van der Waals surface area contributed by atoms with E-state index < -0.39 is 5.41 Å². The van der Waals surface area contributed by atoms with Gasteiger partial charge in [-0.15, -0.1) is 11.3 Å². The molecule has 2 fully saturated rings. The highest BCUT2D eigenvalue weighted by Crippen LogP contribution is 2.45. The van der Waals surface area contributed by atoms with Gasteiger partial charge in [0, 0.05) is 18.0 Å². The highest BCUT2D eigenvalue weighted by molar-refractivity contribution is 7.10. The highest BCUT2D eigenvalue weighted by atomic mass is 32.1. The summed E-state index contributed by atoms with van der Waals surface area (Å²) in [5.41, 5.74) is -0.450. The first kappa shape index (κ1) is 16.0. The number of rotatable bonds is 4. The maximum absolute atomic E-state index is 13.1. The molecule has 2 heterocycles. The van der Waals surface area contributed by atoms with Gasteiger partial charge in [0.05, 0.1) is 0 Å². The average Bonchev–Trinajstić information content (AvgIpc) is 3.22. The summed E-state index contributed by atoms with van der Waals surface area (Å²) in [4.78, 5) is 16.6. The Morgan fingerprint density at radius 2 is 1.95 bits per heavy atom. The minimum Gasteiger partial charge on any atom is -0.462 e. The van der Waals surface area contributed by atoms with E-state index in [0.717, 1.165) is 38.8 Å². The van der Waals surface area contributed by atoms with Gasteiger partial charge in [-0.2, -0.15) is 0 Å². The van der Waals surface area contributed by atoms with E-state index in [4.69, 9.17) is 4.74 Å². The van der Waals surface area contributed by atoms with Gasteiger partial charge < -0.3 is 9.64 Å². The molecule has 1 aliphatic heterocycles. The summed E-state index contributed by atoms with van der Waals surface area (Å²) in [7, 11) is 2.13. The molecule has 3 rings (SSSR count). The Hall–Kier alpha value is -0.870. The van der Waals surface area contributed by atoms with E-state index in [9.17, 15) is 4.79 Å².